The lowest BCUT2D eigenvalue weighted by molar-refractivity contribution is 0.660. The second-order valence-corrected chi connectivity index (χ2v) is 23.1. The second-order valence-electron chi connectivity index (χ2n) is 23.1. The molecule has 0 fully saturated rings. The highest BCUT2D eigenvalue weighted by molar-refractivity contribution is 6.15. The first-order valence-corrected chi connectivity index (χ1v) is 27.5. The maximum absolute atomic E-state index is 4.26. The first-order valence-electron chi connectivity index (χ1n) is 27.5. The van der Waals surface area contributed by atoms with Crippen LogP contribution in [0.5, 0.6) is 0 Å². The van der Waals surface area contributed by atoms with E-state index in [1.807, 2.05) is 12.4 Å². The van der Waals surface area contributed by atoms with Crippen molar-refractivity contribution in [1.82, 2.24) is 23.9 Å². The lowest BCUT2D eigenvalue weighted by Crippen LogP contribution is -2.15. The molecule has 0 aliphatic heterocycles. The minimum atomic E-state index is -0.0929. The molecular formula is C74H51N5. The van der Waals surface area contributed by atoms with Gasteiger partial charge in [-0.05, 0) is 164 Å². The van der Waals surface area contributed by atoms with Crippen LogP contribution in [0.3, 0.4) is 0 Å². The van der Waals surface area contributed by atoms with Crippen molar-refractivity contribution in [2.45, 2.75) is 38.5 Å². The molecule has 5 heteroatoms. The first kappa shape index (κ1) is 44.3. The largest absolute Gasteiger partial charge is 0.309 e. The molecule has 0 N–H and O–H groups in total. The Balaban J connectivity index is 0.817. The number of hydrogen-bond donors (Lipinski definition) is 0. The van der Waals surface area contributed by atoms with Crippen molar-refractivity contribution in [2.75, 3.05) is 0 Å². The average Bonchev–Trinajstić information content (AvgIpc) is 4.31. The Hall–Kier alpha value is -9.84. The van der Waals surface area contributed by atoms with E-state index >= 15 is 0 Å². The van der Waals surface area contributed by atoms with Gasteiger partial charge in [-0.1, -0.05) is 155 Å². The van der Waals surface area contributed by atoms with E-state index in [9.17, 15) is 0 Å². The minimum Gasteiger partial charge on any atom is -0.309 e. The SMILES string of the molecule is CC1(C)c2ccccc2-c2ccc(-n3c4ccccc4c4cc(-c5ccc6c(c5)c5cc(-c7ccc8c(c7)c7ccccc7n8-c7ccc8c(c7)C(C)(C)c7ccccc7-8)ccc5n6-c5ccc6cnncc6c5)ccc43)cc21. The predicted octanol–water partition coefficient (Wildman–Crippen LogP) is 18.9. The van der Waals surface area contributed by atoms with Gasteiger partial charge in [0, 0.05) is 71.0 Å². The Labute approximate surface area is 456 Å². The molecule has 0 spiro atoms. The highest BCUT2D eigenvalue weighted by atomic mass is 15.1. The summed E-state index contributed by atoms with van der Waals surface area (Å²) in [6, 6.07) is 84.5. The van der Waals surface area contributed by atoms with Crippen LogP contribution < -0.4 is 0 Å². The molecule has 2 aliphatic rings. The number of rotatable bonds is 5. The molecule has 0 radical (unpaired) electrons. The van der Waals surface area contributed by atoms with Crippen LogP contribution in [0.2, 0.25) is 0 Å². The molecule has 0 unspecified atom stereocenters. The molecule has 17 rings (SSSR count). The molecule has 0 saturated carbocycles. The lowest BCUT2D eigenvalue weighted by atomic mass is 9.82. The summed E-state index contributed by atoms with van der Waals surface area (Å²) in [5, 5.41) is 17.9. The van der Waals surface area contributed by atoms with Gasteiger partial charge in [0.05, 0.1) is 45.5 Å². The summed E-state index contributed by atoms with van der Waals surface area (Å²) in [4.78, 5) is 0. The lowest BCUT2D eigenvalue weighted by Gasteiger charge is -2.22. The van der Waals surface area contributed by atoms with Gasteiger partial charge in [-0.2, -0.15) is 10.2 Å². The van der Waals surface area contributed by atoms with Crippen LogP contribution >= 0.6 is 0 Å². The number of hydrogen-bond acceptors (Lipinski definition) is 2. The first-order chi connectivity index (χ1) is 38.7. The van der Waals surface area contributed by atoms with Crippen LogP contribution in [0, 0.1) is 0 Å². The second kappa shape index (κ2) is 15.9. The van der Waals surface area contributed by atoms with Crippen molar-refractivity contribution in [3.8, 4) is 61.6 Å². The highest BCUT2D eigenvalue weighted by Crippen LogP contribution is 2.52. The van der Waals surface area contributed by atoms with Gasteiger partial charge in [0.15, 0.2) is 0 Å². The molecule has 4 heterocycles. The molecule has 4 aromatic heterocycles. The number of fused-ring (bicyclic) bond motifs is 16. The molecule has 79 heavy (non-hydrogen) atoms. The van der Waals surface area contributed by atoms with Crippen molar-refractivity contribution in [3.05, 3.63) is 259 Å². The van der Waals surface area contributed by atoms with Crippen LogP contribution in [-0.2, 0) is 10.8 Å². The fourth-order valence-electron chi connectivity index (χ4n) is 14.3. The van der Waals surface area contributed by atoms with Crippen LogP contribution in [0.1, 0.15) is 49.9 Å². The Kier molecular flexibility index (Phi) is 8.90. The van der Waals surface area contributed by atoms with Gasteiger partial charge in [-0.25, -0.2) is 0 Å². The molecule has 0 saturated heterocycles. The maximum atomic E-state index is 4.26. The zero-order valence-corrected chi connectivity index (χ0v) is 44.3. The zero-order chi connectivity index (χ0) is 52.5. The van der Waals surface area contributed by atoms with E-state index < -0.39 is 0 Å². The fourth-order valence-corrected chi connectivity index (χ4v) is 14.3. The van der Waals surface area contributed by atoms with E-state index in [1.165, 1.54) is 133 Å². The fraction of sp³-hybridized carbons (Fsp3) is 0.0811. The van der Waals surface area contributed by atoms with Gasteiger partial charge in [0.2, 0.25) is 0 Å². The Morgan fingerprint density at radius 3 is 1.06 bits per heavy atom. The van der Waals surface area contributed by atoms with Crippen molar-refractivity contribution >= 4 is 76.2 Å². The van der Waals surface area contributed by atoms with E-state index in [0.717, 1.165) is 27.5 Å². The number of benzene rings is 11. The summed E-state index contributed by atoms with van der Waals surface area (Å²) in [6.45, 7) is 9.45. The van der Waals surface area contributed by atoms with Gasteiger partial charge in [-0.3, -0.25) is 0 Å². The zero-order valence-electron chi connectivity index (χ0n) is 44.3. The summed E-state index contributed by atoms with van der Waals surface area (Å²) in [5.41, 5.74) is 26.0. The molecule has 0 atom stereocenters. The monoisotopic (exact) mass is 1010 g/mol. The number of para-hydroxylation sites is 2. The van der Waals surface area contributed by atoms with Crippen LogP contribution in [0.4, 0.5) is 0 Å². The molecular weight excluding hydrogens is 959 g/mol. The van der Waals surface area contributed by atoms with Gasteiger partial charge in [0.1, 0.15) is 0 Å². The number of aromatic nitrogens is 5. The van der Waals surface area contributed by atoms with E-state index in [0.29, 0.717) is 0 Å². The summed E-state index contributed by atoms with van der Waals surface area (Å²) < 4.78 is 7.34. The third-order valence-electron chi connectivity index (χ3n) is 18.2. The Morgan fingerprint density at radius 1 is 0.266 bits per heavy atom. The van der Waals surface area contributed by atoms with Crippen LogP contribution in [0.15, 0.2) is 237 Å². The average molecular weight is 1010 g/mol. The van der Waals surface area contributed by atoms with E-state index in [-0.39, 0.29) is 10.8 Å². The standard InChI is InChI=1S/C74H51N5/c1-73(2)63-17-9-5-13-53(63)55-29-27-51(40-65(55)73)78-67-19-11-7-15-57(67)59-36-44(22-31-69(59)78)46-24-33-71-61(38-46)62-39-47(25-34-72(62)77(71)50-26-21-48-42-75-76-43-49(48)35-50)45-23-32-70-60(37-45)58-16-8-12-20-68(58)79(70)52-28-30-56-54-14-6-10-18-64(54)74(3,4)66(56)41-52/h5-43H,1-4H3. The van der Waals surface area contributed by atoms with Crippen LogP contribution in [0.25, 0.3) is 138 Å². The van der Waals surface area contributed by atoms with Gasteiger partial charge in [-0.15, -0.1) is 0 Å². The third-order valence-corrected chi connectivity index (χ3v) is 18.2. The summed E-state index contributed by atoms with van der Waals surface area (Å²) in [7, 11) is 0. The summed E-state index contributed by atoms with van der Waals surface area (Å²) in [5.74, 6) is 0. The van der Waals surface area contributed by atoms with Crippen molar-refractivity contribution in [1.29, 1.82) is 0 Å². The van der Waals surface area contributed by atoms with E-state index in [4.69, 9.17) is 0 Å². The Bertz CT molecular complexity index is 4870. The van der Waals surface area contributed by atoms with Crippen LogP contribution in [-0.4, -0.2) is 23.9 Å². The summed E-state index contributed by atoms with van der Waals surface area (Å²) in [6.07, 6.45) is 3.70. The van der Waals surface area contributed by atoms with Gasteiger partial charge >= 0.3 is 0 Å². The van der Waals surface area contributed by atoms with Gasteiger partial charge in [0.25, 0.3) is 0 Å². The maximum Gasteiger partial charge on any atom is 0.0575 e. The number of nitrogens with zero attached hydrogens (tertiary/aromatic N) is 5. The summed E-state index contributed by atoms with van der Waals surface area (Å²) >= 11 is 0. The molecule has 5 nitrogen and oxygen atoms in total. The molecule has 0 bridgehead atoms. The molecule has 11 aromatic carbocycles. The molecule has 0 amide bonds. The van der Waals surface area contributed by atoms with E-state index in [2.05, 4.69) is 276 Å². The molecule has 15 aromatic rings. The quantitative estimate of drug-likeness (QED) is 0.172. The Morgan fingerprint density at radius 2 is 0.608 bits per heavy atom. The van der Waals surface area contributed by atoms with E-state index in [1.54, 1.807) is 0 Å². The highest BCUT2D eigenvalue weighted by Gasteiger charge is 2.37. The topological polar surface area (TPSA) is 40.6 Å². The molecule has 372 valence electrons. The third kappa shape index (κ3) is 6.16. The van der Waals surface area contributed by atoms with Gasteiger partial charge < -0.3 is 13.7 Å². The van der Waals surface area contributed by atoms with Crippen molar-refractivity contribution in [2.24, 2.45) is 0 Å². The molecule has 2 aliphatic carbocycles. The smallest absolute Gasteiger partial charge is 0.0575 e. The minimum absolute atomic E-state index is 0.0929. The predicted molar refractivity (Wildman–Crippen MR) is 329 cm³/mol. The van der Waals surface area contributed by atoms with Crippen molar-refractivity contribution in [3.63, 3.8) is 0 Å². The van der Waals surface area contributed by atoms with Crippen molar-refractivity contribution < 1.29 is 0 Å². The normalized spacial score (nSPS) is 14.0.